The van der Waals surface area contributed by atoms with Crippen LogP contribution in [0.2, 0.25) is 0 Å². The van der Waals surface area contributed by atoms with Crippen molar-refractivity contribution in [1.82, 2.24) is 47.4 Å². The minimum absolute atomic E-state index is 0.0489. The quantitative estimate of drug-likeness (QED) is 0.0256. The Balaban J connectivity index is 3.55. The lowest BCUT2D eigenvalue weighted by Gasteiger charge is -2.29. The number of aliphatic carboxylic acids is 3. The van der Waals surface area contributed by atoms with E-state index in [1.165, 1.54) is 6.92 Å². The molecule has 0 bridgehead atoms. The van der Waals surface area contributed by atoms with Crippen LogP contribution in [0.25, 0.3) is 0 Å². The highest BCUT2D eigenvalue weighted by Gasteiger charge is 2.40. The van der Waals surface area contributed by atoms with E-state index in [0.29, 0.717) is 0 Å². The fourth-order valence-electron chi connectivity index (χ4n) is 8.12. The van der Waals surface area contributed by atoms with Crippen molar-refractivity contribution in [3.05, 3.63) is 0 Å². The number of unbranched alkanes of at least 4 members (excludes halogenated alkanes) is 1. The molecular formula is C48H81N13O19. The second-order valence-electron chi connectivity index (χ2n) is 20.2. The normalized spacial score (nSPS) is 16.8. The number of carboxylic acids is 3. The van der Waals surface area contributed by atoms with Crippen molar-refractivity contribution in [2.45, 2.75) is 185 Å². The SMILES string of the molecule is CC(C)C[C@H](NC(=O)[C@H](CC(N)=O)NC(=O)[C@H](CC(C)C)NC(=O)[C@H](CO)NC(=O)[C@@H](N)[C@@H](C)O)C(=O)N[C@@H](CCC(N)=O)C(=O)N[C@@H](CCCCN)C(=O)N[C@@H](CC(=O)O)C(=O)N[C@@H](CCC(=O)O)C(=O)N1CCC[C@H]1C(=O)O. The van der Waals surface area contributed by atoms with Crippen molar-refractivity contribution >= 4 is 82.9 Å². The molecule has 0 aromatic carbocycles. The molecule has 1 fully saturated rings. The zero-order valence-electron chi connectivity index (χ0n) is 45.5. The minimum atomic E-state index is -1.99. The van der Waals surface area contributed by atoms with Gasteiger partial charge in [0.15, 0.2) is 0 Å². The van der Waals surface area contributed by atoms with Crippen LogP contribution in [-0.2, 0) is 67.1 Å². The van der Waals surface area contributed by atoms with Gasteiger partial charge in [0.25, 0.3) is 0 Å². The van der Waals surface area contributed by atoms with Gasteiger partial charge in [0.1, 0.15) is 60.4 Å². The second kappa shape index (κ2) is 35.1. The predicted molar refractivity (Wildman–Crippen MR) is 278 cm³/mol. The number of carbonyl (C=O) groups excluding carboxylic acids is 11. The molecule has 0 spiro atoms. The van der Waals surface area contributed by atoms with Crippen LogP contribution in [0.4, 0.5) is 0 Å². The van der Waals surface area contributed by atoms with Gasteiger partial charge in [-0.25, -0.2) is 4.79 Å². The van der Waals surface area contributed by atoms with E-state index in [0.717, 1.165) is 4.90 Å². The molecule has 32 heteroatoms. The maximum absolute atomic E-state index is 14.1. The first-order chi connectivity index (χ1) is 37.3. The van der Waals surface area contributed by atoms with E-state index in [1.807, 2.05) is 0 Å². The number of carboxylic acid groups (broad SMARTS) is 3. The van der Waals surface area contributed by atoms with Gasteiger partial charge in [0.05, 0.1) is 25.6 Å². The van der Waals surface area contributed by atoms with E-state index in [-0.39, 0.29) is 64.0 Å². The molecule has 0 radical (unpaired) electrons. The Morgan fingerprint density at radius 3 is 1.35 bits per heavy atom. The number of aliphatic hydroxyl groups is 2. The second-order valence-corrected chi connectivity index (χ2v) is 20.2. The number of nitrogens with zero attached hydrogens (tertiary/aromatic N) is 1. The molecular weight excluding hydrogens is 1060 g/mol. The van der Waals surface area contributed by atoms with Gasteiger partial charge in [0.2, 0.25) is 65.0 Å². The van der Waals surface area contributed by atoms with Gasteiger partial charge >= 0.3 is 17.9 Å². The molecule has 1 rings (SSSR count). The third-order valence-corrected chi connectivity index (χ3v) is 12.3. The number of primary amides is 2. The maximum atomic E-state index is 14.1. The maximum Gasteiger partial charge on any atom is 0.326 e. The number of nitrogens with two attached hydrogens (primary N) is 4. The van der Waals surface area contributed by atoms with E-state index < -0.39 is 200 Å². The number of aliphatic hydroxyl groups excluding tert-OH is 2. The van der Waals surface area contributed by atoms with Crippen LogP contribution in [-0.4, -0.2) is 200 Å². The highest BCUT2D eigenvalue weighted by atomic mass is 16.4. The van der Waals surface area contributed by atoms with Crippen LogP contribution in [0.1, 0.15) is 118 Å². The van der Waals surface area contributed by atoms with Crippen LogP contribution in [0.15, 0.2) is 0 Å². The first-order valence-corrected chi connectivity index (χ1v) is 26.0. The number of amides is 11. The number of nitrogens with one attached hydrogen (secondary N) is 8. The number of hydrogen-bond donors (Lipinski definition) is 17. The average Bonchev–Trinajstić information content (AvgIpc) is 3.86. The molecule has 0 aliphatic carbocycles. The van der Waals surface area contributed by atoms with Gasteiger partial charge in [0, 0.05) is 19.4 Å². The van der Waals surface area contributed by atoms with Crippen molar-refractivity contribution in [3.8, 4) is 0 Å². The van der Waals surface area contributed by atoms with Crippen molar-refractivity contribution < 1.29 is 92.7 Å². The van der Waals surface area contributed by atoms with Crippen LogP contribution >= 0.6 is 0 Å². The van der Waals surface area contributed by atoms with Gasteiger partial charge in [-0.15, -0.1) is 0 Å². The molecule has 0 saturated carbocycles. The largest absolute Gasteiger partial charge is 0.481 e. The Bertz CT molecular complexity index is 2220. The molecule has 0 unspecified atom stereocenters. The molecule has 80 heavy (non-hydrogen) atoms. The van der Waals surface area contributed by atoms with Gasteiger partial charge in [-0.1, -0.05) is 27.7 Å². The minimum Gasteiger partial charge on any atom is -0.481 e. The van der Waals surface area contributed by atoms with Crippen molar-refractivity contribution in [3.63, 3.8) is 0 Å². The third-order valence-electron chi connectivity index (χ3n) is 12.3. The molecule has 1 saturated heterocycles. The smallest absolute Gasteiger partial charge is 0.326 e. The monoisotopic (exact) mass is 1140 g/mol. The number of rotatable bonds is 38. The highest BCUT2D eigenvalue weighted by molar-refractivity contribution is 6.00. The molecule has 1 aliphatic heterocycles. The summed E-state index contributed by atoms with van der Waals surface area (Å²) in [6.07, 6.45) is -5.37. The molecule has 0 aromatic rings. The average molecular weight is 1140 g/mol. The number of likely N-dealkylation sites (tertiary alicyclic amines) is 1. The van der Waals surface area contributed by atoms with Crippen LogP contribution in [0.3, 0.4) is 0 Å². The Kier molecular flexibility index (Phi) is 30.9. The molecule has 1 aliphatic rings. The molecule has 452 valence electrons. The molecule has 32 nitrogen and oxygen atoms in total. The predicted octanol–water partition coefficient (Wildman–Crippen LogP) is -6.66. The van der Waals surface area contributed by atoms with Crippen LogP contribution in [0.5, 0.6) is 0 Å². The molecule has 11 amide bonds. The number of hydrogen-bond acceptors (Lipinski definition) is 18. The lowest BCUT2D eigenvalue weighted by Crippen LogP contribution is -2.61. The number of carbonyl (C=O) groups is 14. The zero-order valence-corrected chi connectivity index (χ0v) is 45.5. The molecule has 11 atom stereocenters. The van der Waals surface area contributed by atoms with Gasteiger partial charge in [-0.05, 0) is 83.1 Å². The van der Waals surface area contributed by atoms with E-state index in [4.69, 9.17) is 22.9 Å². The molecule has 0 aromatic heterocycles. The highest BCUT2D eigenvalue weighted by Crippen LogP contribution is 2.20. The first-order valence-electron chi connectivity index (χ1n) is 26.0. The van der Waals surface area contributed by atoms with Crippen LogP contribution < -0.4 is 65.5 Å². The molecule has 1 heterocycles. The summed E-state index contributed by atoms with van der Waals surface area (Å²) in [6, 6.07) is -16.3. The lowest BCUT2D eigenvalue weighted by molar-refractivity contribution is -0.150. The summed E-state index contributed by atoms with van der Waals surface area (Å²) in [4.78, 5) is 184. The summed E-state index contributed by atoms with van der Waals surface area (Å²) in [7, 11) is 0. The summed E-state index contributed by atoms with van der Waals surface area (Å²) in [6.45, 7) is 6.92. The Hall–Kier alpha value is -7.58. The standard InChI is InChI=1S/C48H81N13O19/c1-22(2)17-28(56-43(74)30(19-35(51)65)58-42(73)29(18-23(3)4)57-45(76)32(21-62)60-46(77)38(52)24(5)63)41(72)54-26(11-13-34(50)64)40(71)53-25(9-6-7-15-49)39(70)59-31(20-37(68)69)44(75)55-27(12-14-36(66)67)47(78)61-16-8-10-33(61)48(79)80/h22-33,38,62-63H,6-21,49,52H2,1-5H3,(H2,50,64)(H2,51,65)(H,53,71)(H,54,72)(H,55,75)(H,56,74)(H,57,76)(H,58,73)(H,59,70)(H,60,77)(H,66,67)(H,68,69)(H,79,80)/t24-,25+,26+,27+,28+,29+,30+,31+,32+,33+,38+/m1/s1. The van der Waals surface area contributed by atoms with E-state index in [1.54, 1.807) is 27.7 Å². The molecule has 21 N–H and O–H groups in total. The van der Waals surface area contributed by atoms with E-state index in [2.05, 4.69) is 42.5 Å². The Labute approximate surface area is 461 Å². The van der Waals surface area contributed by atoms with Crippen LogP contribution in [0, 0.1) is 11.8 Å². The Morgan fingerprint density at radius 2 is 0.925 bits per heavy atom. The van der Waals surface area contributed by atoms with Crippen molar-refractivity contribution in [1.29, 1.82) is 0 Å². The van der Waals surface area contributed by atoms with Gasteiger partial charge in [-0.2, -0.15) is 0 Å². The van der Waals surface area contributed by atoms with Crippen molar-refractivity contribution in [2.75, 3.05) is 19.7 Å². The fraction of sp³-hybridized carbons (Fsp3) is 0.708. The summed E-state index contributed by atoms with van der Waals surface area (Å²) in [5.41, 5.74) is 22.1. The topological polar surface area (TPSA) is 544 Å². The summed E-state index contributed by atoms with van der Waals surface area (Å²) in [5.74, 6) is -17.1. The summed E-state index contributed by atoms with van der Waals surface area (Å²) < 4.78 is 0. The van der Waals surface area contributed by atoms with Gasteiger partial charge < -0.3 is 95.9 Å². The Morgan fingerprint density at radius 1 is 0.512 bits per heavy atom. The third kappa shape index (κ3) is 25.5. The first kappa shape index (κ1) is 70.4. The van der Waals surface area contributed by atoms with Crippen molar-refractivity contribution in [2.24, 2.45) is 34.8 Å². The van der Waals surface area contributed by atoms with E-state index >= 15 is 0 Å². The summed E-state index contributed by atoms with van der Waals surface area (Å²) >= 11 is 0. The summed E-state index contributed by atoms with van der Waals surface area (Å²) in [5, 5.41) is 66.8. The lowest BCUT2D eigenvalue weighted by atomic mass is 10.00. The van der Waals surface area contributed by atoms with E-state index in [9.17, 15) is 92.7 Å². The zero-order chi connectivity index (χ0) is 61.1. The van der Waals surface area contributed by atoms with Gasteiger partial charge in [-0.3, -0.25) is 62.3 Å². The fourth-order valence-corrected chi connectivity index (χ4v) is 8.12.